The number of carbonyl (C=O) groups is 1. The van der Waals surface area contributed by atoms with Crippen molar-refractivity contribution >= 4 is 22.6 Å². The third-order valence-corrected chi connectivity index (χ3v) is 4.97. The number of para-hydroxylation sites is 1. The highest BCUT2D eigenvalue weighted by Crippen LogP contribution is 2.33. The van der Waals surface area contributed by atoms with E-state index in [1.165, 1.54) is 19.3 Å². The maximum atomic E-state index is 11.3. The number of aryl methyl sites for hydroxylation is 1. The molecule has 0 spiro atoms. The first kappa shape index (κ1) is 15.8. The molecule has 1 aliphatic carbocycles. The number of aromatic nitrogens is 1. The molecule has 1 aromatic heterocycles. The summed E-state index contributed by atoms with van der Waals surface area (Å²) in [5.41, 5.74) is 3.50. The van der Waals surface area contributed by atoms with Gasteiger partial charge in [0.05, 0.1) is 11.9 Å². The summed E-state index contributed by atoms with van der Waals surface area (Å²) in [6.45, 7) is 4.18. The number of benzene rings is 1. The van der Waals surface area contributed by atoms with Crippen LogP contribution in [-0.4, -0.2) is 22.1 Å². The second-order valence-corrected chi connectivity index (χ2v) is 6.65. The number of nitrogens with one attached hydrogen (secondary N) is 1. The number of carboxylic acid groups (broad SMARTS) is 1. The molecule has 0 amide bonds. The first-order chi connectivity index (χ1) is 11.1. The van der Waals surface area contributed by atoms with Crippen LogP contribution in [0.15, 0.2) is 24.3 Å². The quantitative estimate of drug-likeness (QED) is 0.890. The Kier molecular flexibility index (Phi) is 4.51. The van der Waals surface area contributed by atoms with Gasteiger partial charge in [-0.3, -0.25) is 9.78 Å². The van der Waals surface area contributed by atoms with Crippen molar-refractivity contribution in [3.05, 3.63) is 35.5 Å². The Labute approximate surface area is 136 Å². The number of anilines is 1. The molecule has 2 aromatic rings. The van der Waals surface area contributed by atoms with Gasteiger partial charge in [-0.1, -0.05) is 38.0 Å². The van der Waals surface area contributed by atoms with Crippen LogP contribution in [0.2, 0.25) is 0 Å². The highest BCUT2D eigenvalue weighted by molar-refractivity contribution is 5.95. The summed E-state index contributed by atoms with van der Waals surface area (Å²) in [6, 6.07) is 8.38. The molecule has 23 heavy (non-hydrogen) atoms. The molecular formula is C19H24N2O2. The fraction of sp³-hybridized carbons (Fsp3) is 0.474. The standard InChI is InChI=1S/C19H24N2O2/c1-12-7-3-5-9-16(12)21-19-14-8-4-6-10-17(14)20-13(2)15(19)11-18(22)23/h4,6,8,10,12,16H,3,5,7,9,11H2,1-2H3,(H,20,21)(H,22,23). The van der Waals surface area contributed by atoms with Crippen molar-refractivity contribution in [2.75, 3.05) is 5.32 Å². The topological polar surface area (TPSA) is 62.2 Å². The lowest BCUT2D eigenvalue weighted by molar-refractivity contribution is -0.136. The van der Waals surface area contributed by atoms with Crippen LogP contribution in [0.4, 0.5) is 5.69 Å². The van der Waals surface area contributed by atoms with Gasteiger partial charge in [-0.25, -0.2) is 0 Å². The Morgan fingerprint density at radius 3 is 2.78 bits per heavy atom. The van der Waals surface area contributed by atoms with Crippen molar-refractivity contribution in [2.45, 2.75) is 52.0 Å². The van der Waals surface area contributed by atoms with Crippen molar-refractivity contribution in [3.63, 3.8) is 0 Å². The van der Waals surface area contributed by atoms with Crippen LogP contribution in [0.3, 0.4) is 0 Å². The third kappa shape index (κ3) is 3.31. The lowest BCUT2D eigenvalue weighted by Gasteiger charge is -2.31. The predicted molar refractivity (Wildman–Crippen MR) is 92.9 cm³/mol. The van der Waals surface area contributed by atoms with Gasteiger partial charge in [0, 0.05) is 28.4 Å². The van der Waals surface area contributed by atoms with E-state index in [1.807, 2.05) is 31.2 Å². The van der Waals surface area contributed by atoms with Gasteiger partial charge in [-0.2, -0.15) is 0 Å². The molecular weight excluding hydrogens is 288 g/mol. The van der Waals surface area contributed by atoms with Gasteiger partial charge in [0.15, 0.2) is 0 Å². The maximum Gasteiger partial charge on any atom is 0.307 e. The number of nitrogens with zero attached hydrogens (tertiary/aromatic N) is 1. The molecule has 1 aromatic carbocycles. The van der Waals surface area contributed by atoms with Gasteiger partial charge in [0.25, 0.3) is 0 Å². The molecule has 1 fully saturated rings. The third-order valence-electron chi connectivity index (χ3n) is 4.97. The molecule has 4 heteroatoms. The highest BCUT2D eigenvalue weighted by atomic mass is 16.4. The highest BCUT2D eigenvalue weighted by Gasteiger charge is 2.24. The first-order valence-electron chi connectivity index (χ1n) is 8.43. The normalized spacial score (nSPS) is 21.3. The second kappa shape index (κ2) is 6.57. The van der Waals surface area contributed by atoms with Gasteiger partial charge < -0.3 is 10.4 Å². The number of hydrogen-bond donors (Lipinski definition) is 2. The van der Waals surface area contributed by atoms with Gasteiger partial charge in [0.1, 0.15) is 0 Å². The number of rotatable bonds is 4. The van der Waals surface area contributed by atoms with Crippen LogP contribution in [-0.2, 0) is 11.2 Å². The van der Waals surface area contributed by atoms with Crippen molar-refractivity contribution in [3.8, 4) is 0 Å². The molecule has 0 bridgehead atoms. The van der Waals surface area contributed by atoms with Crippen LogP contribution in [0.5, 0.6) is 0 Å². The Morgan fingerprint density at radius 1 is 1.30 bits per heavy atom. The molecule has 0 saturated heterocycles. The van der Waals surface area contributed by atoms with Crippen LogP contribution < -0.4 is 5.32 Å². The van der Waals surface area contributed by atoms with E-state index in [0.29, 0.717) is 12.0 Å². The number of pyridine rings is 1. The molecule has 1 saturated carbocycles. The van der Waals surface area contributed by atoms with Crippen LogP contribution in [0, 0.1) is 12.8 Å². The van der Waals surface area contributed by atoms with E-state index in [9.17, 15) is 9.90 Å². The number of hydrogen-bond acceptors (Lipinski definition) is 3. The van der Waals surface area contributed by atoms with Gasteiger partial charge >= 0.3 is 5.97 Å². The minimum atomic E-state index is -0.815. The first-order valence-corrected chi connectivity index (χ1v) is 8.43. The molecule has 1 heterocycles. The lowest BCUT2D eigenvalue weighted by Crippen LogP contribution is -2.31. The van der Waals surface area contributed by atoms with Gasteiger partial charge in [-0.05, 0) is 31.7 Å². The average Bonchev–Trinajstić information content (AvgIpc) is 2.52. The summed E-state index contributed by atoms with van der Waals surface area (Å²) in [4.78, 5) is 15.9. The van der Waals surface area contributed by atoms with E-state index in [1.54, 1.807) is 0 Å². The molecule has 3 rings (SSSR count). The van der Waals surface area contributed by atoms with Gasteiger partial charge in [0.2, 0.25) is 0 Å². The molecule has 0 aliphatic heterocycles. The number of fused-ring (bicyclic) bond motifs is 1. The predicted octanol–water partition coefficient (Wildman–Crippen LogP) is 4.16. The monoisotopic (exact) mass is 312 g/mol. The van der Waals surface area contributed by atoms with E-state index < -0.39 is 5.97 Å². The molecule has 0 radical (unpaired) electrons. The molecule has 1 aliphatic rings. The van der Waals surface area contributed by atoms with Crippen LogP contribution >= 0.6 is 0 Å². The van der Waals surface area contributed by atoms with Crippen LogP contribution in [0.25, 0.3) is 10.9 Å². The summed E-state index contributed by atoms with van der Waals surface area (Å²) in [6.07, 6.45) is 4.90. The number of aliphatic carboxylic acids is 1. The smallest absolute Gasteiger partial charge is 0.307 e. The van der Waals surface area contributed by atoms with Crippen molar-refractivity contribution < 1.29 is 9.90 Å². The molecule has 2 N–H and O–H groups in total. The van der Waals surface area contributed by atoms with E-state index in [2.05, 4.69) is 17.2 Å². The zero-order valence-corrected chi connectivity index (χ0v) is 13.8. The van der Waals surface area contributed by atoms with Crippen LogP contribution in [0.1, 0.15) is 43.9 Å². The summed E-state index contributed by atoms with van der Waals surface area (Å²) in [7, 11) is 0. The second-order valence-electron chi connectivity index (χ2n) is 6.65. The van der Waals surface area contributed by atoms with E-state index >= 15 is 0 Å². The maximum absolute atomic E-state index is 11.3. The molecule has 2 atom stereocenters. The average molecular weight is 312 g/mol. The molecule has 4 nitrogen and oxygen atoms in total. The Bertz CT molecular complexity index is 727. The number of carboxylic acids is 1. The minimum Gasteiger partial charge on any atom is -0.481 e. The summed E-state index contributed by atoms with van der Waals surface area (Å²) in [5, 5.41) is 14.0. The van der Waals surface area contributed by atoms with Crippen molar-refractivity contribution in [2.24, 2.45) is 5.92 Å². The summed E-state index contributed by atoms with van der Waals surface area (Å²) < 4.78 is 0. The summed E-state index contributed by atoms with van der Waals surface area (Å²) in [5.74, 6) is -0.210. The summed E-state index contributed by atoms with van der Waals surface area (Å²) >= 11 is 0. The van der Waals surface area contributed by atoms with Gasteiger partial charge in [-0.15, -0.1) is 0 Å². The SMILES string of the molecule is Cc1nc2ccccc2c(NC2CCCCC2C)c1CC(=O)O. The fourth-order valence-electron chi connectivity index (χ4n) is 3.62. The van der Waals surface area contributed by atoms with E-state index in [-0.39, 0.29) is 6.42 Å². The van der Waals surface area contributed by atoms with E-state index in [0.717, 1.165) is 34.3 Å². The van der Waals surface area contributed by atoms with Crippen molar-refractivity contribution in [1.82, 2.24) is 4.98 Å². The lowest BCUT2D eigenvalue weighted by atomic mass is 9.85. The molecule has 122 valence electrons. The largest absolute Gasteiger partial charge is 0.481 e. The van der Waals surface area contributed by atoms with Crippen molar-refractivity contribution in [1.29, 1.82) is 0 Å². The Morgan fingerprint density at radius 2 is 2.04 bits per heavy atom. The fourth-order valence-corrected chi connectivity index (χ4v) is 3.62. The minimum absolute atomic E-state index is 0.00705. The van der Waals surface area contributed by atoms with E-state index in [4.69, 9.17) is 0 Å². The Hall–Kier alpha value is -2.10. The Balaban J connectivity index is 2.08. The zero-order valence-electron chi connectivity index (χ0n) is 13.8. The zero-order chi connectivity index (χ0) is 16.4. The molecule has 2 unspecified atom stereocenters.